The maximum absolute atomic E-state index is 12.2. The van der Waals surface area contributed by atoms with Crippen LogP contribution in [0, 0.1) is 5.92 Å². The predicted molar refractivity (Wildman–Crippen MR) is 96.1 cm³/mol. The highest BCUT2D eigenvalue weighted by Crippen LogP contribution is 2.16. The van der Waals surface area contributed by atoms with Crippen LogP contribution in [0.5, 0.6) is 0 Å². The van der Waals surface area contributed by atoms with Crippen LogP contribution in [0.25, 0.3) is 0 Å². The first-order chi connectivity index (χ1) is 11.5. The summed E-state index contributed by atoms with van der Waals surface area (Å²) in [6.07, 6.45) is 0. The summed E-state index contributed by atoms with van der Waals surface area (Å²) < 4.78 is 0. The Bertz CT molecular complexity index is 539. The first kappa shape index (κ1) is 18.3. The van der Waals surface area contributed by atoms with Crippen molar-refractivity contribution >= 4 is 17.6 Å². The van der Waals surface area contributed by atoms with E-state index < -0.39 is 6.03 Å². The van der Waals surface area contributed by atoms with Crippen molar-refractivity contribution in [3.63, 3.8) is 0 Å². The zero-order chi connectivity index (χ0) is 17.5. The molecule has 1 unspecified atom stereocenters. The number of benzene rings is 1. The number of para-hydroxylation sites is 1. The maximum atomic E-state index is 12.2. The number of nitrogens with one attached hydrogen (secondary N) is 2. The molecule has 0 aliphatic carbocycles. The molecule has 6 heteroatoms. The third-order valence-corrected chi connectivity index (χ3v) is 4.27. The Morgan fingerprint density at radius 3 is 2.25 bits per heavy atom. The van der Waals surface area contributed by atoms with Gasteiger partial charge in [-0.25, -0.2) is 4.79 Å². The minimum absolute atomic E-state index is 0.246. The Morgan fingerprint density at radius 2 is 1.67 bits per heavy atom. The van der Waals surface area contributed by atoms with E-state index in [1.54, 1.807) is 0 Å². The van der Waals surface area contributed by atoms with Gasteiger partial charge in [0.25, 0.3) is 0 Å². The fourth-order valence-electron chi connectivity index (χ4n) is 2.73. The monoisotopic (exact) mass is 332 g/mol. The van der Waals surface area contributed by atoms with Crippen LogP contribution in [-0.2, 0) is 4.79 Å². The SMILES string of the molecule is CC(C)CNC(=O)NC(=O)C(C)N1CCN(c2ccccc2)CC1. The fourth-order valence-corrected chi connectivity index (χ4v) is 2.73. The first-order valence-electron chi connectivity index (χ1n) is 8.60. The van der Waals surface area contributed by atoms with Crippen LogP contribution >= 0.6 is 0 Å². The fraction of sp³-hybridized carbons (Fsp3) is 0.556. The van der Waals surface area contributed by atoms with Crippen LogP contribution in [0.1, 0.15) is 20.8 Å². The largest absolute Gasteiger partial charge is 0.369 e. The van der Waals surface area contributed by atoms with E-state index in [4.69, 9.17) is 0 Å². The summed E-state index contributed by atoms with van der Waals surface area (Å²) in [5, 5.41) is 5.13. The molecule has 1 aromatic rings. The molecule has 1 atom stereocenters. The van der Waals surface area contributed by atoms with Gasteiger partial charge < -0.3 is 10.2 Å². The third-order valence-electron chi connectivity index (χ3n) is 4.27. The maximum Gasteiger partial charge on any atom is 0.321 e. The molecule has 0 radical (unpaired) electrons. The van der Waals surface area contributed by atoms with Gasteiger partial charge in [-0.05, 0) is 25.0 Å². The Kier molecular flexibility index (Phi) is 6.61. The van der Waals surface area contributed by atoms with Crippen LogP contribution in [0.4, 0.5) is 10.5 Å². The van der Waals surface area contributed by atoms with Crippen LogP contribution in [0.2, 0.25) is 0 Å². The molecule has 1 aliphatic heterocycles. The molecule has 0 saturated carbocycles. The van der Waals surface area contributed by atoms with E-state index >= 15 is 0 Å². The summed E-state index contributed by atoms with van der Waals surface area (Å²) >= 11 is 0. The van der Waals surface area contributed by atoms with Gasteiger partial charge in [-0.2, -0.15) is 0 Å². The molecule has 24 heavy (non-hydrogen) atoms. The van der Waals surface area contributed by atoms with Crippen molar-refractivity contribution in [1.82, 2.24) is 15.5 Å². The van der Waals surface area contributed by atoms with Gasteiger partial charge in [0.1, 0.15) is 0 Å². The van der Waals surface area contributed by atoms with Gasteiger partial charge in [0.15, 0.2) is 0 Å². The number of nitrogens with zero attached hydrogens (tertiary/aromatic N) is 2. The topological polar surface area (TPSA) is 64.7 Å². The highest BCUT2D eigenvalue weighted by molar-refractivity contribution is 5.96. The average molecular weight is 332 g/mol. The molecule has 0 bridgehead atoms. The second-order valence-electron chi connectivity index (χ2n) is 6.63. The molecule has 2 N–H and O–H groups in total. The van der Waals surface area contributed by atoms with Crippen LogP contribution in [-0.4, -0.2) is 55.6 Å². The number of amides is 3. The minimum Gasteiger partial charge on any atom is -0.369 e. The number of hydrogen-bond acceptors (Lipinski definition) is 4. The standard InChI is InChI=1S/C18H28N4O2/c1-14(2)13-19-18(24)20-17(23)15(3)21-9-11-22(12-10-21)16-7-5-4-6-8-16/h4-8,14-15H,9-13H2,1-3H3,(H2,19,20,23,24). The van der Waals surface area contributed by atoms with Gasteiger partial charge in [0, 0.05) is 38.4 Å². The number of piperazine rings is 1. The molecule has 3 amide bonds. The summed E-state index contributed by atoms with van der Waals surface area (Å²) in [7, 11) is 0. The summed E-state index contributed by atoms with van der Waals surface area (Å²) in [5.74, 6) is 0.110. The molecule has 1 aliphatic rings. The number of carbonyl (C=O) groups excluding carboxylic acids is 2. The number of urea groups is 1. The smallest absolute Gasteiger partial charge is 0.321 e. The van der Waals surface area contributed by atoms with Gasteiger partial charge in [-0.15, -0.1) is 0 Å². The minimum atomic E-state index is -0.413. The lowest BCUT2D eigenvalue weighted by Crippen LogP contribution is -2.55. The van der Waals surface area contributed by atoms with E-state index in [1.807, 2.05) is 39.0 Å². The highest BCUT2D eigenvalue weighted by Gasteiger charge is 2.26. The molecule has 1 saturated heterocycles. The molecule has 6 nitrogen and oxygen atoms in total. The van der Waals surface area contributed by atoms with E-state index in [1.165, 1.54) is 5.69 Å². The number of rotatable bonds is 5. The Labute approximate surface area is 144 Å². The zero-order valence-corrected chi connectivity index (χ0v) is 14.8. The molecule has 132 valence electrons. The molecule has 1 heterocycles. The van der Waals surface area contributed by atoms with Gasteiger partial charge in [0.05, 0.1) is 6.04 Å². The van der Waals surface area contributed by atoms with E-state index in [0.29, 0.717) is 12.5 Å². The van der Waals surface area contributed by atoms with Crippen LogP contribution in [0.15, 0.2) is 30.3 Å². The lowest BCUT2D eigenvalue weighted by Gasteiger charge is -2.38. The lowest BCUT2D eigenvalue weighted by molar-refractivity contribution is -0.124. The van der Waals surface area contributed by atoms with Gasteiger partial charge in [-0.1, -0.05) is 32.0 Å². The van der Waals surface area contributed by atoms with Gasteiger partial charge >= 0.3 is 6.03 Å². The zero-order valence-electron chi connectivity index (χ0n) is 14.8. The molecular formula is C18H28N4O2. The Balaban J connectivity index is 1.78. The quantitative estimate of drug-likeness (QED) is 0.861. The van der Waals surface area contributed by atoms with E-state index in [0.717, 1.165) is 26.2 Å². The van der Waals surface area contributed by atoms with Gasteiger partial charge in [0.2, 0.25) is 5.91 Å². The molecule has 1 fully saturated rings. The molecule has 0 aromatic heterocycles. The number of carbonyl (C=O) groups is 2. The molecular weight excluding hydrogens is 304 g/mol. The summed E-state index contributed by atoms with van der Waals surface area (Å²) in [4.78, 5) is 28.4. The van der Waals surface area contributed by atoms with Gasteiger partial charge in [-0.3, -0.25) is 15.0 Å². The van der Waals surface area contributed by atoms with E-state index in [-0.39, 0.29) is 11.9 Å². The Hall–Kier alpha value is -2.08. The molecule has 0 spiro atoms. The van der Waals surface area contributed by atoms with E-state index in [2.05, 4.69) is 32.6 Å². The number of imide groups is 1. The normalized spacial score (nSPS) is 16.8. The van der Waals surface area contributed by atoms with Crippen LogP contribution in [0.3, 0.4) is 0 Å². The lowest BCUT2D eigenvalue weighted by atomic mass is 10.2. The number of hydrogen-bond donors (Lipinski definition) is 2. The van der Waals surface area contributed by atoms with E-state index in [9.17, 15) is 9.59 Å². The van der Waals surface area contributed by atoms with Crippen molar-refractivity contribution < 1.29 is 9.59 Å². The van der Waals surface area contributed by atoms with Crippen LogP contribution < -0.4 is 15.5 Å². The average Bonchev–Trinajstić information content (AvgIpc) is 2.60. The molecule has 2 rings (SSSR count). The first-order valence-corrected chi connectivity index (χ1v) is 8.60. The van der Waals surface area contributed by atoms with Crippen molar-refractivity contribution in [2.24, 2.45) is 5.92 Å². The third kappa shape index (κ3) is 5.23. The Morgan fingerprint density at radius 1 is 1.04 bits per heavy atom. The van der Waals surface area contributed by atoms with Crippen molar-refractivity contribution in [3.8, 4) is 0 Å². The summed E-state index contributed by atoms with van der Waals surface area (Å²) in [6.45, 7) is 9.79. The van der Waals surface area contributed by atoms with Crippen molar-refractivity contribution in [2.75, 3.05) is 37.6 Å². The second kappa shape index (κ2) is 8.68. The van der Waals surface area contributed by atoms with Crippen molar-refractivity contribution in [3.05, 3.63) is 30.3 Å². The predicted octanol–water partition coefficient (Wildman–Crippen LogP) is 1.68. The highest BCUT2D eigenvalue weighted by atomic mass is 16.2. The van der Waals surface area contributed by atoms with Crippen molar-refractivity contribution in [1.29, 1.82) is 0 Å². The molecule has 1 aromatic carbocycles. The van der Waals surface area contributed by atoms with Crippen molar-refractivity contribution in [2.45, 2.75) is 26.8 Å². The second-order valence-corrected chi connectivity index (χ2v) is 6.63. The summed E-state index contributed by atoms with van der Waals surface area (Å²) in [6, 6.07) is 9.56. The number of anilines is 1. The summed E-state index contributed by atoms with van der Waals surface area (Å²) in [5.41, 5.74) is 1.21.